The third-order valence-electron chi connectivity index (χ3n) is 8.16. The van der Waals surface area contributed by atoms with Crippen LogP contribution in [-0.4, -0.2) is 17.0 Å². The van der Waals surface area contributed by atoms with E-state index in [-0.39, 0.29) is 11.5 Å². The summed E-state index contributed by atoms with van der Waals surface area (Å²) in [7, 11) is 0. The van der Waals surface area contributed by atoms with E-state index in [1.54, 1.807) is 0 Å². The summed E-state index contributed by atoms with van der Waals surface area (Å²) in [6.07, 6.45) is 10.2. The Balaban J connectivity index is 1.72. The van der Waals surface area contributed by atoms with Crippen LogP contribution >= 0.6 is 0 Å². The van der Waals surface area contributed by atoms with Crippen molar-refractivity contribution in [3.05, 3.63) is 0 Å². The highest BCUT2D eigenvalue weighted by atomic mass is 16.3. The molecule has 1 N–H and O–H groups in total. The quantitative estimate of drug-likeness (QED) is 0.733. The summed E-state index contributed by atoms with van der Waals surface area (Å²) in [5, 5.41) is 10.6. The van der Waals surface area contributed by atoms with Crippen LogP contribution in [0.5, 0.6) is 0 Å². The van der Waals surface area contributed by atoms with Crippen LogP contribution in [0.3, 0.4) is 0 Å². The van der Waals surface area contributed by atoms with E-state index in [0.717, 1.165) is 25.7 Å². The van der Waals surface area contributed by atoms with Crippen LogP contribution in [-0.2, 0) is 4.79 Å². The average Bonchev–Trinajstić information content (AvgIpc) is 2.75. The molecule has 0 amide bonds. The Morgan fingerprint density at radius 2 is 1.81 bits per heavy atom. The molecule has 4 aliphatic rings. The Morgan fingerprint density at radius 3 is 2.62 bits per heavy atom. The second kappa shape index (κ2) is 4.57. The number of aliphatic hydroxyl groups is 1. The Bertz CT molecular complexity index is 458. The number of hydrogen-bond acceptors (Lipinski definition) is 2. The van der Waals surface area contributed by atoms with Crippen LogP contribution in [0.15, 0.2) is 0 Å². The molecule has 4 fully saturated rings. The van der Waals surface area contributed by atoms with Crippen molar-refractivity contribution in [1.29, 1.82) is 0 Å². The van der Waals surface area contributed by atoms with Gasteiger partial charge in [-0.3, -0.25) is 4.79 Å². The molecule has 0 spiro atoms. The summed E-state index contributed by atoms with van der Waals surface area (Å²) < 4.78 is 0. The molecule has 0 radical (unpaired) electrons. The largest absolute Gasteiger partial charge is 0.393 e. The van der Waals surface area contributed by atoms with Crippen molar-refractivity contribution in [2.75, 3.05) is 0 Å². The zero-order chi connectivity index (χ0) is 14.8. The molecular weight excluding hydrogens is 260 g/mol. The molecule has 4 rings (SSSR count). The fraction of sp³-hybridized carbons (Fsp3) is 0.947. The topological polar surface area (TPSA) is 37.3 Å². The Kier molecular flexibility index (Phi) is 3.10. The van der Waals surface area contributed by atoms with Gasteiger partial charge < -0.3 is 5.11 Å². The molecule has 2 nitrogen and oxygen atoms in total. The van der Waals surface area contributed by atoms with Crippen LogP contribution < -0.4 is 0 Å². The number of ketones is 1. The molecule has 2 heteroatoms. The fourth-order valence-electron chi connectivity index (χ4n) is 7.13. The van der Waals surface area contributed by atoms with Crippen molar-refractivity contribution in [2.45, 2.75) is 77.7 Å². The van der Waals surface area contributed by atoms with E-state index in [9.17, 15) is 9.90 Å². The van der Waals surface area contributed by atoms with Gasteiger partial charge in [0.15, 0.2) is 0 Å². The van der Waals surface area contributed by atoms with Crippen LogP contribution in [0.2, 0.25) is 0 Å². The van der Waals surface area contributed by atoms with Gasteiger partial charge in [0, 0.05) is 12.3 Å². The first-order chi connectivity index (χ1) is 9.96. The van der Waals surface area contributed by atoms with E-state index in [1.807, 2.05) is 0 Å². The maximum atomic E-state index is 12.8. The maximum absolute atomic E-state index is 12.8. The Hall–Kier alpha value is -0.370. The van der Waals surface area contributed by atoms with E-state index in [2.05, 4.69) is 13.8 Å². The minimum atomic E-state index is -0.153. The summed E-state index contributed by atoms with van der Waals surface area (Å²) in [5.41, 5.74) is 0.542. The average molecular weight is 290 g/mol. The fourth-order valence-corrected chi connectivity index (χ4v) is 7.13. The molecule has 0 bridgehead atoms. The lowest BCUT2D eigenvalue weighted by molar-refractivity contribution is -0.156. The number of aliphatic hydroxyl groups excluding tert-OH is 1. The highest BCUT2D eigenvalue weighted by Crippen LogP contribution is 2.65. The lowest BCUT2D eigenvalue weighted by Gasteiger charge is -2.59. The molecule has 7 atom stereocenters. The van der Waals surface area contributed by atoms with Crippen LogP contribution in [0.4, 0.5) is 0 Å². The highest BCUT2D eigenvalue weighted by Gasteiger charge is 2.61. The Morgan fingerprint density at radius 1 is 1.05 bits per heavy atom. The molecule has 118 valence electrons. The molecule has 0 saturated heterocycles. The maximum Gasteiger partial charge on any atom is 0.136 e. The first-order valence-electron chi connectivity index (χ1n) is 9.16. The standard InChI is InChI=1S/C19H30O2/c1-18-9-6-13-12(17(18)15(20)7-10-18)11-16(21)14-5-3-4-8-19(13,14)2/h12-15,17,20H,3-11H2,1-2H3/t12-,13+,14-,15?,17-,18-,19-/m1/s1. The molecular formula is C19H30O2. The van der Waals surface area contributed by atoms with Gasteiger partial charge in [0.05, 0.1) is 6.10 Å². The molecule has 4 saturated carbocycles. The van der Waals surface area contributed by atoms with E-state index in [4.69, 9.17) is 0 Å². The SMILES string of the molecule is C[C@@]12CCC(O)[C@H]1[C@@H]1CC(=O)[C@H]3CCCC[C@]3(C)[C@H]1CC2. The minimum absolute atomic E-state index is 0.153. The second-order valence-electron chi connectivity index (χ2n) is 9.07. The number of rotatable bonds is 0. The molecule has 21 heavy (non-hydrogen) atoms. The summed E-state index contributed by atoms with van der Waals surface area (Å²) >= 11 is 0. The van der Waals surface area contributed by atoms with Gasteiger partial charge in [-0.05, 0) is 67.1 Å². The molecule has 0 aromatic carbocycles. The normalized spacial score (nSPS) is 56.5. The first kappa shape index (κ1) is 14.2. The smallest absolute Gasteiger partial charge is 0.136 e. The van der Waals surface area contributed by atoms with Gasteiger partial charge in [-0.25, -0.2) is 0 Å². The van der Waals surface area contributed by atoms with Crippen LogP contribution in [0.25, 0.3) is 0 Å². The second-order valence-corrected chi connectivity index (χ2v) is 9.07. The predicted octanol–water partition coefficient (Wildman–Crippen LogP) is 3.96. The lowest BCUT2D eigenvalue weighted by Crippen LogP contribution is -2.56. The summed E-state index contributed by atoms with van der Waals surface area (Å²) in [6.45, 7) is 4.79. The van der Waals surface area contributed by atoms with Crippen molar-refractivity contribution in [1.82, 2.24) is 0 Å². The third-order valence-corrected chi connectivity index (χ3v) is 8.16. The number of fused-ring (bicyclic) bond motifs is 5. The van der Waals surface area contributed by atoms with Gasteiger partial charge in [0.1, 0.15) is 5.78 Å². The predicted molar refractivity (Wildman–Crippen MR) is 82.7 cm³/mol. The van der Waals surface area contributed by atoms with Crippen LogP contribution in [0.1, 0.15) is 71.6 Å². The van der Waals surface area contributed by atoms with E-state index in [1.165, 1.54) is 32.1 Å². The van der Waals surface area contributed by atoms with Crippen molar-refractivity contribution in [3.63, 3.8) is 0 Å². The molecule has 1 unspecified atom stereocenters. The lowest BCUT2D eigenvalue weighted by atomic mass is 9.45. The van der Waals surface area contributed by atoms with Gasteiger partial charge in [-0.1, -0.05) is 26.7 Å². The number of carbonyl (C=O) groups excluding carboxylic acids is 1. The first-order valence-corrected chi connectivity index (χ1v) is 9.16. The highest BCUT2D eigenvalue weighted by molar-refractivity contribution is 5.83. The van der Waals surface area contributed by atoms with E-state index in [0.29, 0.717) is 34.9 Å². The molecule has 0 heterocycles. The van der Waals surface area contributed by atoms with Crippen molar-refractivity contribution >= 4 is 5.78 Å². The van der Waals surface area contributed by atoms with Gasteiger partial charge >= 0.3 is 0 Å². The van der Waals surface area contributed by atoms with Gasteiger partial charge in [0.25, 0.3) is 0 Å². The van der Waals surface area contributed by atoms with Crippen molar-refractivity contribution in [3.8, 4) is 0 Å². The zero-order valence-electron chi connectivity index (χ0n) is 13.6. The zero-order valence-corrected chi connectivity index (χ0v) is 13.6. The van der Waals surface area contributed by atoms with Crippen molar-refractivity contribution in [2.24, 2.45) is 34.5 Å². The van der Waals surface area contributed by atoms with E-state index >= 15 is 0 Å². The molecule has 0 aromatic heterocycles. The monoisotopic (exact) mass is 290 g/mol. The number of Topliss-reactive ketones (excluding diaryl/α,β-unsaturated/α-hetero) is 1. The van der Waals surface area contributed by atoms with Crippen molar-refractivity contribution < 1.29 is 9.90 Å². The van der Waals surface area contributed by atoms with Gasteiger partial charge in [0.2, 0.25) is 0 Å². The molecule has 4 aliphatic carbocycles. The summed E-state index contributed by atoms with van der Waals surface area (Å²) in [6, 6.07) is 0. The molecule has 0 aliphatic heterocycles. The van der Waals surface area contributed by atoms with Gasteiger partial charge in [-0.2, -0.15) is 0 Å². The summed E-state index contributed by atoms with van der Waals surface area (Å²) in [5.74, 6) is 2.40. The Labute approximate surface area is 128 Å². The minimum Gasteiger partial charge on any atom is -0.393 e. The van der Waals surface area contributed by atoms with E-state index < -0.39 is 0 Å². The molecule has 0 aromatic rings. The number of hydrogen-bond donors (Lipinski definition) is 1. The third kappa shape index (κ3) is 1.84. The number of carbonyl (C=O) groups is 1. The van der Waals surface area contributed by atoms with Crippen LogP contribution in [0, 0.1) is 34.5 Å². The summed E-state index contributed by atoms with van der Waals surface area (Å²) in [4.78, 5) is 12.8. The van der Waals surface area contributed by atoms with Gasteiger partial charge in [-0.15, -0.1) is 0 Å².